The highest BCUT2D eigenvalue weighted by Crippen LogP contribution is 2.19. The van der Waals surface area contributed by atoms with Crippen LogP contribution in [0.3, 0.4) is 0 Å². The molecule has 1 heterocycles. The molecular weight excluding hydrogens is 206 g/mol. The van der Waals surface area contributed by atoms with Gasteiger partial charge in [0.15, 0.2) is 0 Å². The van der Waals surface area contributed by atoms with Crippen LogP contribution in [0, 0.1) is 0 Å². The molecule has 0 aromatic carbocycles. The predicted octanol–water partition coefficient (Wildman–Crippen LogP) is 1.55. The fourth-order valence-corrected chi connectivity index (χ4v) is 1.09. The Morgan fingerprint density at radius 1 is 1.71 bits per heavy atom. The smallest absolute Gasteiger partial charge is 0.312 e. The highest BCUT2D eigenvalue weighted by Gasteiger charge is 2.09. The van der Waals surface area contributed by atoms with E-state index in [0.29, 0.717) is 11.6 Å². The van der Waals surface area contributed by atoms with Crippen molar-refractivity contribution in [3.05, 3.63) is 23.0 Å². The van der Waals surface area contributed by atoms with Crippen LogP contribution in [0.1, 0.15) is 12.6 Å². The summed E-state index contributed by atoms with van der Waals surface area (Å²) >= 11 is 5.58. The summed E-state index contributed by atoms with van der Waals surface area (Å²) in [4.78, 5) is 14.9. The van der Waals surface area contributed by atoms with Gasteiger partial charge in [0.05, 0.1) is 23.7 Å². The third-order valence-electron chi connectivity index (χ3n) is 1.53. The van der Waals surface area contributed by atoms with Gasteiger partial charge in [-0.1, -0.05) is 11.6 Å². The Labute approximate surface area is 86.5 Å². The van der Waals surface area contributed by atoms with Crippen LogP contribution in [-0.2, 0) is 16.0 Å². The maximum Gasteiger partial charge on any atom is 0.312 e. The Bertz CT molecular complexity index is 341. The standard InChI is InChI=1S/C9H10ClNO3/c1-2-14-9(13)4-7-8(12)3-6(10)5-11-7/h3,5,12H,2,4H2,1H3. The first-order chi connectivity index (χ1) is 6.63. The van der Waals surface area contributed by atoms with Crippen molar-refractivity contribution in [2.75, 3.05) is 6.61 Å². The molecule has 0 bridgehead atoms. The van der Waals surface area contributed by atoms with E-state index in [4.69, 9.17) is 16.3 Å². The van der Waals surface area contributed by atoms with Gasteiger partial charge in [0.25, 0.3) is 0 Å². The van der Waals surface area contributed by atoms with Crippen molar-refractivity contribution >= 4 is 17.6 Å². The van der Waals surface area contributed by atoms with Crippen LogP contribution in [0.5, 0.6) is 5.75 Å². The first-order valence-corrected chi connectivity index (χ1v) is 4.50. The number of carbonyl (C=O) groups excluding carboxylic acids is 1. The third kappa shape index (κ3) is 2.88. The number of aromatic hydroxyl groups is 1. The minimum atomic E-state index is -0.419. The quantitative estimate of drug-likeness (QED) is 0.778. The van der Waals surface area contributed by atoms with E-state index >= 15 is 0 Å². The lowest BCUT2D eigenvalue weighted by Gasteiger charge is -2.03. The van der Waals surface area contributed by atoms with Crippen LogP contribution in [0.4, 0.5) is 0 Å². The zero-order valence-electron chi connectivity index (χ0n) is 7.66. The van der Waals surface area contributed by atoms with Gasteiger partial charge in [0.1, 0.15) is 5.75 Å². The molecule has 1 aromatic rings. The normalized spacial score (nSPS) is 9.86. The predicted molar refractivity (Wildman–Crippen MR) is 51.2 cm³/mol. The molecular formula is C9H10ClNO3. The molecule has 0 atom stereocenters. The monoisotopic (exact) mass is 215 g/mol. The molecule has 1 aromatic heterocycles. The summed E-state index contributed by atoms with van der Waals surface area (Å²) in [6, 6.07) is 1.34. The largest absolute Gasteiger partial charge is 0.506 e. The minimum absolute atomic E-state index is 0.0448. The number of hydrogen-bond donors (Lipinski definition) is 1. The lowest BCUT2D eigenvalue weighted by Crippen LogP contribution is -2.08. The number of aromatic nitrogens is 1. The van der Waals surface area contributed by atoms with Crippen molar-refractivity contribution in [1.82, 2.24) is 4.98 Å². The van der Waals surface area contributed by atoms with Gasteiger partial charge in [-0.3, -0.25) is 9.78 Å². The van der Waals surface area contributed by atoms with Crippen molar-refractivity contribution in [3.63, 3.8) is 0 Å². The topological polar surface area (TPSA) is 59.4 Å². The van der Waals surface area contributed by atoms with Crippen molar-refractivity contribution in [3.8, 4) is 5.75 Å². The number of nitrogens with zero attached hydrogens (tertiary/aromatic N) is 1. The molecule has 0 fully saturated rings. The van der Waals surface area contributed by atoms with Gasteiger partial charge in [0, 0.05) is 12.3 Å². The molecule has 0 aliphatic carbocycles. The van der Waals surface area contributed by atoms with Crippen LogP contribution in [0.15, 0.2) is 12.3 Å². The molecule has 0 aliphatic rings. The fourth-order valence-electron chi connectivity index (χ4n) is 0.942. The van der Waals surface area contributed by atoms with Gasteiger partial charge in [-0.15, -0.1) is 0 Å². The number of hydrogen-bond acceptors (Lipinski definition) is 4. The summed E-state index contributed by atoms with van der Waals surface area (Å²) in [5.74, 6) is -0.511. The molecule has 76 valence electrons. The van der Waals surface area contributed by atoms with Crippen LogP contribution in [0.2, 0.25) is 5.02 Å². The van der Waals surface area contributed by atoms with Gasteiger partial charge in [-0.25, -0.2) is 0 Å². The zero-order valence-corrected chi connectivity index (χ0v) is 8.41. The number of esters is 1. The summed E-state index contributed by atoms with van der Waals surface area (Å²) in [5, 5.41) is 9.68. The molecule has 14 heavy (non-hydrogen) atoms. The first kappa shape index (κ1) is 10.8. The number of pyridine rings is 1. The molecule has 4 nitrogen and oxygen atoms in total. The van der Waals surface area contributed by atoms with Gasteiger partial charge in [-0.2, -0.15) is 0 Å². The number of carbonyl (C=O) groups is 1. The molecule has 0 saturated heterocycles. The second-order valence-corrected chi connectivity index (χ2v) is 3.04. The Hall–Kier alpha value is -1.29. The van der Waals surface area contributed by atoms with E-state index in [-0.39, 0.29) is 17.9 Å². The summed E-state index contributed by atoms with van der Waals surface area (Å²) in [6.45, 7) is 2.03. The van der Waals surface area contributed by atoms with Crippen LogP contribution in [-0.4, -0.2) is 22.7 Å². The van der Waals surface area contributed by atoms with Gasteiger partial charge in [0.2, 0.25) is 0 Å². The number of rotatable bonds is 3. The van der Waals surface area contributed by atoms with Crippen LogP contribution >= 0.6 is 11.6 Å². The number of halogens is 1. The lowest BCUT2D eigenvalue weighted by molar-refractivity contribution is -0.142. The van der Waals surface area contributed by atoms with Crippen LogP contribution in [0.25, 0.3) is 0 Å². The Kier molecular flexibility index (Phi) is 3.71. The second-order valence-electron chi connectivity index (χ2n) is 2.60. The lowest BCUT2D eigenvalue weighted by atomic mass is 10.2. The molecule has 5 heteroatoms. The van der Waals surface area contributed by atoms with E-state index in [9.17, 15) is 9.90 Å². The summed E-state index contributed by atoms with van der Waals surface area (Å²) < 4.78 is 4.71. The van der Waals surface area contributed by atoms with Crippen LogP contribution < -0.4 is 0 Å². The van der Waals surface area contributed by atoms with E-state index < -0.39 is 5.97 Å². The molecule has 0 amide bonds. The van der Waals surface area contributed by atoms with Crippen molar-refractivity contribution < 1.29 is 14.6 Å². The number of ether oxygens (including phenoxy) is 1. The average molecular weight is 216 g/mol. The van der Waals surface area contributed by atoms with E-state index in [2.05, 4.69) is 4.98 Å². The molecule has 1 N–H and O–H groups in total. The molecule has 0 unspecified atom stereocenters. The van der Waals surface area contributed by atoms with Crippen molar-refractivity contribution in [2.24, 2.45) is 0 Å². The average Bonchev–Trinajstić information content (AvgIpc) is 2.10. The first-order valence-electron chi connectivity index (χ1n) is 4.12. The highest BCUT2D eigenvalue weighted by molar-refractivity contribution is 6.30. The Morgan fingerprint density at radius 2 is 2.43 bits per heavy atom. The fraction of sp³-hybridized carbons (Fsp3) is 0.333. The minimum Gasteiger partial charge on any atom is -0.506 e. The van der Waals surface area contributed by atoms with Crippen molar-refractivity contribution in [1.29, 1.82) is 0 Å². The molecule has 0 saturated carbocycles. The Morgan fingerprint density at radius 3 is 3.00 bits per heavy atom. The van der Waals surface area contributed by atoms with E-state index in [1.807, 2.05) is 0 Å². The Balaban J connectivity index is 2.72. The van der Waals surface area contributed by atoms with Gasteiger partial charge < -0.3 is 9.84 Å². The zero-order chi connectivity index (χ0) is 10.6. The molecule has 0 aliphatic heterocycles. The maximum absolute atomic E-state index is 11.0. The maximum atomic E-state index is 11.0. The highest BCUT2D eigenvalue weighted by atomic mass is 35.5. The van der Waals surface area contributed by atoms with Crippen molar-refractivity contribution in [2.45, 2.75) is 13.3 Å². The summed E-state index contributed by atoms with van der Waals surface area (Å²) in [5.41, 5.74) is 0.271. The SMILES string of the molecule is CCOC(=O)Cc1ncc(Cl)cc1O. The van der Waals surface area contributed by atoms with E-state index in [1.165, 1.54) is 12.3 Å². The van der Waals surface area contributed by atoms with E-state index in [0.717, 1.165) is 0 Å². The summed E-state index contributed by atoms with van der Waals surface area (Å²) in [7, 11) is 0. The van der Waals surface area contributed by atoms with E-state index in [1.54, 1.807) is 6.92 Å². The molecule has 1 rings (SSSR count). The molecule has 0 spiro atoms. The summed E-state index contributed by atoms with van der Waals surface area (Å²) in [6.07, 6.45) is 1.33. The van der Waals surface area contributed by atoms with Gasteiger partial charge in [-0.05, 0) is 6.92 Å². The molecule has 0 radical (unpaired) electrons. The third-order valence-corrected chi connectivity index (χ3v) is 1.74. The second kappa shape index (κ2) is 4.81. The van der Waals surface area contributed by atoms with Gasteiger partial charge >= 0.3 is 5.97 Å².